The van der Waals surface area contributed by atoms with E-state index < -0.39 is 11.5 Å². The van der Waals surface area contributed by atoms with Crippen molar-refractivity contribution >= 4 is 28.9 Å². The van der Waals surface area contributed by atoms with Crippen molar-refractivity contribution in [3.05, 3.63) is 37.9 Å². The molecule has 0 atom stereocenters. The van der Waals surface area contributed by atoms with E-state index in [1.54, 1.807) is 0 Å². The smallest absolute Gasteiger partial charge is 0.276 e. The van der Waals surface area contributed by atoms with E-state index in [0.717, 1.165) is 6.07 Å². The second-order valence-corrected chi connectivity index (χ2v) is 3.12. The Morgan fingerprint density at radius 3 is 2.38 bits per heavy atom. The lowest BCUT2D eigenvalue weighted by atomic mass is 10.2. The molecule has 0 saturated heterocycles. The van der Waals surface area contributed by atoms with Crippen molar-refractivity contribution < 1.29 is 10.0 Å². The highest BCUT2D eigenvalue weighted by Crippen LogP contribution is 2.30. The number of benzene rings is 1. The van der Waals surface area contributed by atoms with Gasteiger partial charge in [0.05, 0.1) is 27.1 Å². The first-order valence-electron chi connectivity index (χ1n) is 3.29. The normalized spacial score (nSPS) is 10.1. The van der Waals surface area contributed by atoms with Crippen LogP contribution in [0.3, 0.4) is 0 Å². The standard InChI is InChI=1S/C7H5Cl2NO3/c8-5-1-4(3-11)7(10(12)13)2-6(5)9/h1-2,11H,3H2. The van der Waals surface area contributed by atoms with E-state index in [4.69, 9.17) is 28.3 Å². The Balaban J connectivity index is 3.33. The van der Waals surface area contributed by atoms with Crippen molar-refractivity contribution in [3.8, 4) is 0 Å². The largest absolute Gasteiger partial charge is 0.391 e. The summed E-state index contributed by atoms with van der Waals surface area (Å²) in [6.07, 6.45) is 0. The van der Waals surface area contributed by atoms with Crippen LogP contribution in [-0.4, -0.2) is 10.0 Å². The summed E-state index contributed by atoms with van der Waals surface area (Å²) >= 11 is 11.2. The lowest BCUT2D eigenvalue weighted by molar-refractivity contribution is -0.385. The van der Waals surface area contributed by atoms with Crippen molar-refractivity contribution in [2.75, 3.05) is 0 Å². The highest BCUT2D eigenvalue weighted by molar-refractivity contribution is 6.42. The first-order valence-corrected chi connectivity index (χ1v) is 4.05. The van der Waals surface area contributed by atoms with E-state index in [1.807, 2.05) is 0 Å². The van der Waals surface area contributed by atoms with Crippen molar-refractivity contribution in [2.24, 2.45) is 0 Å². The maximum Gasteiger partial charge on any atom is 0.276 e. The fourth-order valence-electron chi connectivity index (χ4n) is 0.874. The number of nitro groups is 1. The fraction of sp³-hybridized carbons (Fsp3) is 0.143. The van der Waals surface area contributed by atoms with Crippen LogP contribution in [0.25, 0.3) is 0 Å². The van der Waals surface area contributed by atoms with Gasteiger partial charge in [0.1, 0.15) is 0 Å². The second kappa shape index (κ2) is 3.91. The minimum absolute atomic E-state index is 0.102. The van der Waals surface area contributed by atoms with Crippen LogP contribution in [0.2, 0.25) is 10.0 Å². The first-order chi connectivity index (χ1) is 6.06. The third-order valence-electron chi connectivity index (χ3n) is 1.49. The van der Waals surface area contributed by atoms with Gasteiger partial charge in [-0.3, -0.25) is 10.1 Å². The number of nitrogens with zero attached hydrogens (tertiary/aromatic N) is 1. The Morgan fingerprint density at radius 2 is 1.92 bits per heavy atom. The highest BCUT2D eigenvalue weighted by Gasteiger charge is 2.15. The summed E-state index contributed by atoms with van der Waals surface area (Å²) < 4.78 is 0. The van der Waals surface area contributed by atoms with Crippen LogP contribution in [0, 0.1) is 10.1 Å². The monoisotopic (exact) mass is 221 g/mol. The summed E-state index contributed by atoms with van der Waals surface area (Å²) in [5.74, 6) is 0. The SMILES string of the molecule is O=[N+]([O-])c1cc(Cl)c(Cl)cc1CO. The molecule has 4 nitrogen and oxygen atoms in total. The molecule has 6 heteroatoms. The van der Waals surface area contributed by atoms with Gasteiger partial charge in [-0.15, -0.1) is 0 Å². The van der Waals surface area contributed by atoms with Gasteiger partial charge in [0.2, 0.25) is 0 Å². The maximum atomic E-state index is 10.4. The van der Waals surface area contributed by atoms with Crippen molar-refractivity contribution in [1.29, 1.82) is 0 Å². The molecule has 0 heterocycles. The average Bonchev–Trinajstić information content (AvgIpc) is 2.08. The molecule has 70 valence electrons. The van der Waals surface area contributed by atoms with Gasteiger partial charge in [0, 0.05) is 6.07 Å². The number of nitro benzene ring substituents is 1. The average molecular weight is 222 g/mol. The van der Waals surface area contributed by atoms with Crippen LogP contribution in [-0.2, 0) is 6.61 Å². The predicted octanol–water partition coefficient (Wildman–Crippen LogP) is 2.39. The summed E-state index contributed by atoms with van der Waals surface area (Å²) in [6.45, 7) is -0.437. The Labute approximate surface area is 83.9 Å². The zero-order valence-electron chi connectivity index (χ0n) is 6.33. The van der Waals surface area contributed by atoms with Crippen LogP contribution >= 0.6 is 23.2 Å². The molecular weight excluding hydrogens is 217 g/mol. The Bertz CT molecular complexity index is 354. The maximum absolute atomic E-state index is 10.4. The molecule has 0 aromatic heterocycles. The summed E-state index contributed by atoms with van der Waals surface area (Å²) in [6, 6.07) is 2.40. The fourth-order valence-corrected chi connectivity index (χ4v) is 1.22. The minimum Gasteiger partial charge on any atom is -0.391 e. The lowest BCUT2D eigenvalue weighted by Gasteiger charge is -2.01. The zero-order chi connectivity index (χ0) is 10.0. The molecule has 1 rings (SSSR count). The predicted molar refractivity (Wildman–Crippen MR) is 49.0 cm³/mol. The molecule has 0 saturated carbocycles. The highest BCUT2D eigenvalue weighted by atomic mass is 35.5. The number of aliphatic hydroxyl groups is 1. The first kappa shape index (κ1) is 10.2. The summed E-state index contributed by atoms with van der Waals surface area (Å²) in [5, 5.41) is 19.5. The lowest BCUT2D eigenvalue weighted by Crippen LogP contribution is -1.95. The molecule has 0 fully saturated rings. The molecule has 0 spiro atoms. The van der Waals surface area contributed by atoms with Gasteiger partial charge in [-0.2, -0.15) is 0 Å². The molecule has 1 N–H and O–H groups in total. The number of halogens is 2. The number of hydrogen-bond acceptors (Lipinski definition) is 3. The Hall–Kier alpha value is -0.840. The molecule has 0 aliphatic rings. The molecule has 0 bridgehead atoms. The van der Waals surface area contributed by atoms with E-state index >= 15 is 0 Å². The van der Waals surface area contributed by atoms with Crippen LogP contribution in [0.5, 0.6) is 0 Å². The van der Waals surface area contributed by atoms with Gasteiger partial charge in [-0.1, -0.05) is 23.2 Å². The third kappa shape index (κ3) is 2.09. The number of hydrogen-bond donors (Lipinski definition) is 1. The Morgan fingerprint density at radius 1 is 1.38 bits per heavy atom. The van der Waals surface area contributed by atoms with Gasteiger partial charge in [0.25, 0.3) is 5.69 Å². The van der Waals surface area contributed by atoms with Gasteiger partial charge in [0.15, 0.2) is 0 Å². The van der Waals surface area contributed by atoms with E-state index in [0.29, 0.717) is 0 Å². The van der Waals surface area contributed by atoms with Gasteiger partial charge in [-0.25, -0.2) is 0 Å². The molecule has 1 aromatic rings. The Kier molecular flexibility index (Phi) is 3.08. The van der Waals surface area contributed by atoms with E-state index in [-0.39, 0.29) is 21.3 Å². The molecule has 0 amide bonds. The number of rotatable bonds is 2. The van der Waals surface area contributed by atoms with Gasteiger partial charge < -0.3 is 5.11 Å². The molecule has 0 radical (unpaired) electrons. The minimum atomic E-state index is -0.617. The van der Waals surface area contributed by atoms with E-state index in [2.05, 4.69) is 0 Å². The van der Waals surface area contributed by atoms with Crippen LogP contribution < -0.4 is 0 Å². The zero-order valence-corrected chi connectivity index (χ0v) is 7.84. The van der Waals surface area contributed by atoms with Crippen molar-refractivity contribution in [3.63, 3.8) is 0 Å². The summed E-state index contributed by atoms with van der Waals surface area (Å²) in [5.41, 5.74) is -0.0729. The topological polar surface area (TPSA) is 63.4 Å². The molecular formula is C7H5Cl2NO3. The molecule has 1 aromatic carbocycles. The second-order valence-electron chi connectivity index (χ2n) is 2.31. The van der Waals surface area contributed by atoms with Crippen LogP contribution in [0.15, 0.2) is 12.1 Å². The molecule has 13 heavy (non-hydrogen) atoms. The van der Waals surface area contributed by atoms with Crippen LogP contribution in [0.1, 0.15) is 5.56 Å². The molecule has 0 unspecified atom stereocenters. The van der Waals surface area contributed by atoms with Gasteiger partial charge in [-0.05, 0) is 6.07 Å². The van der Waals surface area contributed by atoms with Gasteiger partial charge >= 0.3 is 0 Å². The van der Waals surface area contributed by atoms with E-state index in [1.165, 1.54) is 6.07 Å². The van der Waals surface area contributed by atoms with E-state index in [9.17, 15) is 10.1 Å². The molecule has 0 aliphatic carbocycles. The van der Waals surface area contributed by atoms with Crippen molar-refractivity contribution in [1.82, 2.24) is 0 Å². The number of aliphatic hydroxyl groups excluding tert-OH is 1. The third-order valence-corrected chi connectivity index (χ3v) is 2.21. The summed E-state index contributed by atoms with van der Waals surface area (Å²) in [4.78, 5) is 9.82. The molecule has 0 aliphatic heterocycles. The van der Waals surface area contributed by atoms with Crippen LogP contribution in [0.4, 0.5) is 5.69 Å². The quantitative estimate of drug-likeness (QED) is 0.617. The van der Waals surface area contributed by atoms with Crippen molar-refractivity contribution in [2.45, 2.75) is 6.61 Å². The summed E-state index contributed by atoms with van der Waals surface area (Å²) in [7, 11) is 0.